The number of aromatic nitrogens is 1. The van der Waals surface area contributed by atoms with Crippen molar-refractivity contribution < 1.29 is 13.2 Å². The molecule has 2 heterocycles. The molecular formula is C11H11F3N2. The first-order valence-corrected chi connectivity index (χ1v) is 5.09. The van der Waals surface area contributed by atoms with E-state index in [0.717, 1.165) is 0 Å². The van der Waals surface area contributed by atoms with Gasteiger partial charge < -0.3 is 4.57 Å². The van der Waals surface area contributed by atoms with Gasteiger partial charge in [-0.15, -0.1) is 0 Å². The van der Waals surface area contributed by atoms with E-state index in [2.05, 4.69) is 6.07 Å². The number of alkyl halides is 3. The number of aryl methyl sites for hydroxylation is 1. The van der Waals surface area contributed by atoms with Crippen molar-refractivity contribution in [3.63, 3.8) is 0 Å². The van der Waals surface area contributed by atoms with Gasteiger partial charge >= 0.3 is 6.18 Å². The van der Waals surface area contributed by atoms with Crippen molar-refractivity contribution in [1.82, 2.24) is 4.57 Å². The normalized spacial score (nSPS) is 20.3. The molecule has 0 saturated carbocycles. The molecule has 0 radical (unpaired) electrons. The molecule has 0 bridgehead atoms. The summed E-state index contributed by atoms with van der Waals surface area (Å²) in [6, 6.07) is 3.33. The number of halogens is 3. The fourth-order valence-electron chi connectivity index (χ4n) is 2.20. The zero-order valence-corrected chi connectivity index (χ0v) is 8.80. The highest BCUT2D eigenvalue weighted by Gasteiger charge is 2.36. The molecule has 0 fully saturated rings. The molecule has 0 saturated heterocycles. The fraction of sp³-hybridized carbons (Fsp3) is 0.545. The van der Waals surface area contributed by atoms with E-state index in [0.29, 0.717) is 25.1 Å². The van der Waals surface area contributed by atoms with Gasteiger partial charge in [-0.1, -0.05) is 0 Å². The van der Waals surface area contributed by atoms with E-state index >= 15 is 0 Å². The van der Waals surface area contributed by atoms with Crippen molar-refractivity contribution >= 4 is 0 Å². The summed E-state index contributed by atoms with van der Waals surface area (Å²) < 4.78 is 39.5. The minimum atomic E-state index is -4.30. The van der Waals surface area contributed by atoms with E-state index in [1.807, 2.05) is 0 Å². The predicted octanol–water partition coefficient (Wildman–Crippen LogP) is 2.90. The van der Waals surface area contributed by atoms with Crippen LogP contribution in [-0.4, -0.2) is 4.57 Å². The van der Waals surface area contributed by atoms with Crippen LogP contribution in [0, 0.1) is 24.2 Å². The van der Waals surface area contributed by atoms with Crippen LogP contribution in [0.2, 0.25) is 0 Å². The molecule has 1 atom stereocenters. The van der Waals surface area contributed by atoms with Gasteiger partial charge in [0.2, 0.25) is 0 Å². The van der Waals surface area contributed by atoms with E-state index in [1.54, 1.807) is 4.57 Å². The van der Waals surface area contributed by atoms with Crippen molar-refractivity contribution in [2.75, 3.05) is 0 Å². The van der Waals surface area contributed by atoms with Crippen molar-refractivity contribution in [1.29, 1.82) is 5.26 Å². The Bertz CT molecular complexity index is 451. The van der Waals surface area contributed by atoms with Gasteiger partial charge in [0.05, 0.1) is 17.6 Å². The second-order valence-corrected chi connectivity index (χ2v) is 4.11. The van der Waals surface area contributed by atoms with E-state index < -0.39 is 11.7 Å². The highest BCUT2D eigenvalue weighted by Crippen LogP contribution is 2.36. The van der Waals surface area contributed by atoms with Crippen molar-refractivity contribution in [3.05, 3.63) is 23.0 Å². The summed E-state index contributed by atoms with van der Waals surface area (Å²) >= 11 is 0. The van der Waals surface area contributed by atoms with Crippen LogP contribution in [0.3, 0.4) is 0 Å². The predicted molar refractivity (Wildman–Crippen MR) is 51.6 cm³/mol. The molecule has 1 aliphatic rings. The van der Waals surface area contributed by atoms with Crippen molar-refractivity contribution in [2.24, 2.45) is 5.92 Å². The molecule has 5 heteroatoms. The zero-order chi connectivity index (χ0) is 11.9. The first-order chi connectivity index (χ1) is 7.43. The SMILES string of the molecule is Cc1c(C(F)(F)F)cc2n1CC(C#N)CC2. The largest absolute Gasteiger partial charge is 0.418 e. The number of rotatable bonds is 0. The van der Waals surface area contributed by atoms with Crippen LogP contribution in [0.1, 0.15) is 23.4 Å². The molecule has 0 N–H and O–H groups in total. The lowest BCUT2D eigenvalue weighted by molar-refractivity contribution is -0.138. The number of hydrogen-bond donors (Lipinski definition) is 0. The molecule has 1 unspecified atom stereocenters. The maximum absolute atomic E-state index is 12.6. The summed E-state index contributed by atoms with van der Waals surface area (Å²) in [7, 11) is 0. The number of hydrogen-bond acceptors (Lipinski definition) is 1. The van der Waals surface area contributed by atoms with Gasteiger partial charge in [0, 0.05) is 17.9 Å². The molecule has 86 valence electrons. The highest BCUT2D eigenvalue weighted by molar-refractivity contribution is 5.31. The van der Waals surface area contributed by atoms with Crippen molar-refractivity contribution in [2.45, 2.75) is 32.5 Å². The Kier molecular flexibility index (Phi) is 2.45. The van der Waals surface area contributed by atoms with Gasteiger partial charge in [0.15, 0.2) is 0 Å². The lowest BCUT2D eigenvalue weighted by Crippen LogP contribution is -2.19. The summed E-state index contributed by atoms with van der Waals surface area (Å²) in [5.41, 5.74) is 0.347. The molecule has 16 heavy (non-hydrogen) atoms. The van der Waals surface area contributed by atoms with Crippen LogP contribution in [-0.2, 0) is 19.1 Å². The Morgan fingerprint density at radius 1 is 1.50 bits per heavy atom. The highest BCUT2D eigenvalue weighted by atomic mass is 19.4. The van der Waals surface area contributed by atoms with Gasteiger partial charge in [-0.25, -0.2) is 0 Å². The molecule has 0 spiro atoms. The second-order valence-electron chi connectivity index (χ2n) is 4.11. The molecule has 0 aliphatic carbocycles. The third-order valence-electron chi connectivity index (χ3n) is 3.09. The van der Waals surface area contributed by atoms with Gasteiger partial charge in [-0.05, 0) is 25.8 Å². The molecule has 2 rings (SSSR count). The lowest BCUT2D eigenvalue weighted by Gasteiger charge is -2.21. The van der Waals surface area contributed by atoms with Crippen LogP contribution >= 0.6 is 0 Å². The minimum absolute atomic E-state index is 0.167. The first-order valence-electron chi connectivity index (χ1n) is 5.09. The third-order valence-corrected chi connectivity index (χ3v) is 3.09. The summed E-state index contributed by atoms with van der Waals surface area (Å²) in [6.07, 6.45) is -3.09. The molecule has 1 aromatic heterocycles. The summed E-state index contributed by atoms with van der Waals surface area (Å²) in [4.78, 5) is 0. The number of nitriles is 1. The van der Waals surface area contributed by atoms with E-state index in [4.69, 9.17) is 5.26 Å². The Balaban J connectivity index is 2.43. The Labute approximate surface area is 91.3 Å². The van der Waals surface area contributed by atoms with Gasteiger partial charge in [0.1, 0.15) is 0 Å². The maximum Gasteiger partial charge on any atom is 0.418 e. The van der Waals surface area contributed by atoms with E-state index in [1.165, 1.54) is 13.0 Å². The van der Waals surface area contributed by atoms with Crippen LogP contribution < -0.4 is 0 Å². The Hall–Kier alpha value is -1.44. The summed E-state index contributed by atoms with van der Waals surface area (Å²) in [5, 5.41) is 8.79. The Morgan fingerprint density at radius 3 is 2.75 bits per heavy atom. The molecule has 1 aliphatic heterocycles. The van der Waals surface area contributed by atoms with E-state index in [-0.39, 0.29) is 11.6 Å². The average molecular weight is 228 g/mol. The lowest BCUT2D eigenvalue weighted by atomic mass is 10.00. The minimum Gasteiger partial charge on any atom is -0.347 e. The molecule has 0 aromatic carbocycles. The first kappa shape index (κ1) is 11.1. The molecule has 1 aromatic rings. The monoisotopic (exact) mass is 228 g/mol. The third kappa shape index (κ3) is 1.69. The maximum atomic E-state index is 12.6. The van der Waals surface area contributed by atoms with Crippen LogP contribution in [0.4, 0.5) is 13.2 Å². The molecule has 0 amide bonds. The van der Waals surface area contributed by atoms with E-state index in [9.17, 15) is 13.2 Å². The van der Waals surface area contributed by atoms with Crippen LogP contribution in [0.25, 0.3) is 0 Å². The van der Waals surface area contributed by atoms with Crippen LogP contribution in [0.15, 0.2) is 6.07 Å². The van der Waals surface area contributed by atoms with Crippen molar-refractivity contribution in [3.8, 4) is 6.07 Å². The van der Waals surface area contributed by atoms with Gasteiger partial charge in [-0.2, -0.15) is 18.4 Å². The molecular weight excluding hydrogens is 217 g/mol. The summed E-state index contributed by atoms with van der Waals surface area (Å²) in [5.74, 6) is -0.167. The number of nitrogens with zero attached hydrogens (tertiary/aromatic N) is 2. The summed E-state index contributed by atoms with van der Waals surface area (Å²) in [6.45, 7) is 1.85. The van der Waals surface area contributed by atoms with Crippen LogP contribution in [0.5, 0.6) is 0 Å². The Morgan fingerprint density at radius 2 is 2.19 bits per heavy atom. The number of fused-ring (bicyclic) bond motifs is 1. The smallest absolute Gasteiger partial charge is 0.347 e. The van der Waals surface area contributed by atoms with Gasteiger partial charge in [-0.3, -0.25) is 0 Å². The topological polar surface area (TPSA) is 28.7 Å². The standard InChI is InChI=1S/C11H11F3N2/c1-7-10(11(12,13)14)4-9-3-2-8(5-15)6-16(7)9/h4,8H,2-3,6H2,1H3. The fourth-order valence-corrected chi connectivity index (χ4v) is 2.20. The second kappa shape index (κ2) is 3.55. The zero-order valence-electron chi connectivity index (χ0n) is 8.80. The quantitative estimate of drug-likeness (QED) is 0.671. The average Bonchev–Trinajstić information content (AvgIpc) is 2.55. The molecule has 2 nitrogen and oxygen atoms in total. The van der Waals surface area contributed by atoms with Gasteiger partial charge in [0.25, 0.3) is 0 Å².